The predicted molar refractivity (Wildman–Crippen MR) is 55.8 cm³/mol. The zero-order valence-electron chi connectivity index (χ0n) is 8.41. The van der Waals surface area contributed by atoms with Crippen molar-refractivity contribution in [2.24, 2.45) is 5.73 Å². The van der Waals surface area contributed by atoms with Crippen molar-refractivity contribution >= 4 is 24.2 Å². The first-order valence-electron chi connectivity index (χ1n) is 4.22. The summed E-state index contributed by atoms with van der Waals surface area (Å²) in [4.78, 5) is 11.0. The number of carbonyl (C=O) groups is 1. The van der Waals surface area contributed by atoms with Crippen LogP contribution in [0.3, 0.4) is 0 Å². The van der Waals surface area contributed by atoms with E-state index in [1.165, 1.54) is 0 Å². The summed E-state index contributed by atoms with van der Waals surface area (Å²) < 4.78 is 9.77. The van der Waals surface area contributed by atoms with E-state index in [0.29, 0.717) is 13.2 Å². The third-order valence-electron chi connectivity index (χ3n) is 1.37. The Labute approximate surface area is 89.9 Å². The lowest BCUT2D eigenvalue weighted by Crippen LogP contribution is -2.33. The molecule has 0 heterocycles. The van der Waals surface area contributed by atoms with Gasteiger partial charge in [-0.05, 0) is 13.8 Å². The van der Waals surface area contributed by atoms with Gasteiger partial charge in [0, 0.05) is 6.61 Å². The van der Waals surface area contributed by atoms with Gasteiger partial charge in [-0.15, -0.1) is 12.4 Å². The van der Waals surface area contributed by atoms with Gasteiger partial charge in [0.1, 0.15) is 11.9 Å². The van der Waals surface area contributed by atoms with Crippen LogP contribution in [-0.2, 0) is 14.3 Å². The number of nitrogens with one attached hydrogen (secondary N) is 1. The van der Waals surface area contributed by atoms with E-state index in [-0.39, 0.29) is 24.7 Å². The molecule has 0 spiro atoms. The molecule has 5 nitrogen and oxygen atoms in total. The van der Waals surface area contributed by atoms with Crippen molar-refractivity contribution in [3.8, 4) is 0 Å². The Balaban J connectivity index is 0. The summed E-state index contributed by atoms with van der Waals surface area (Å²) in [5.41, 5.74) is 5.22. The number of amidine groups is 1. The molecule has 1 atom stereocenters. The first-order valence-corrected chi connectivity index (χ1v) is 4.22. The molecule has 1 unspecified atom stereocenters. The molecule has 0 saturated heterocycles. The van der Waals surface area contributed by atoms with E-state index in [9.17, 15) is 4.79 Å². The fourth-order valence-electron chi connectivity index (χ4n) is 0.831. The lowest BCUT2D eigenvalue weighted by molar-refractivity contribution is -0.145. The second-order valence-electron chi connectivity index (χ2n) is 2.41. The highest BCUT2D eigenvalue weighted by atomic mass is 35.5. The molecule has 0 rings (SSSR count). The zero-order chi connectivity index (χ0) is 10.3. The summed E-state index contributed by atoms with van der Waals surface area (Å²) in [6.45, 7) is 4.25. The third kappa shape index (κ3) is 6.68. The van der Waals surface area contributed by atoms with Gasteiger partial charge in [0.05, 0.1) is 13.0 Å². The molecule has 0 aromatic carbocycles. The Morgan fingerprint density at radius 3 is 2.36 bits per heavy atom. The fourth-order valence-corrected chi connectivity index (χ4v) is 0.831. The molecule has 3 N–H and O–H groups in total. The lowest BCUT2D eigenvalue weighted by atomic mass is 10.2. The molecule has 0 amide bonds. The summed E-state index contributed by atoms with van der Waals surface area (Å²) in [7, 11) is 0. The Morgan fingerprint density at radius 1 is 1.43 bits per heavy atom. The van der Waals surface area contributed by atoms with Gasteiger partial charge in [-0.2, -0.15) is 0 Å². The van der Waals surface area contributed by atoms with Crippen molar-refractivity contribution in [1.29, 1.82) is 5.41 Å². The number of esters is 1. The third-order valence-corrected chi connectivity index (χ3v) is 1.37. The lowest BCUT2D eigenvalue weighted by Gasteiger charge is -2.13. The number of halogens is 1. The van der Waals surface area contributed by atoms with Gasteiger partial charge in [0.25, 0.3) is 0 Å². The molecule has 0 aromatic heterocycles. The van der Waals surface area contributed by atoms with Crippen molar-refractivity contribution in [2.75, 3.05) is 13.2 Å². The van der Waals surface area contributed by atoms with Gasteiger partial charge in [-0.25, -0.2) is 0 Å². The number of hydrogen-bond donors (Lipinski definition) is 2. The Hall–Kier alpha value is -0.810. The van der Waals surface area contributed by atoms with Crippen LogP contribution in [-0.4, -0.2) is 31.1 Å². The number of nitrogens with two attached hydrogens (primary N) is 1. The van der Waals surface area contributed by atoms with Gasteiger partial charge in [-0.3, -0.25) is 10.2 Å². The van der Waals surface area contributed by atoms with Crippen molar-refractivity contribution in [1.82, 2.24) is 0 Å². The minimum atomic E-state index is -0.649. The van der Waals surface area contributed by atoms with Crippen molar-refractivity contribution in [2.45, 2.75) is 26.4 Å². The summed E-state index contributed by atoms with van der Waals surface area (Å²) in [5.74, 6) is -0.536. The molecule has 0 aliphatic carbocycles. The van der Waals surface area contributed by atoms with Crippen LogP contribution >= 0.6 is 12.4 Å². The van der Waals surface area contributed by atoms with Gasteiger partial charge in [-0.1, -0.05) is 0 Å². The van der Waals surface area contributed by atoms with E-state index in [0.717, 1.165) is 0 Å². The second-order valence-corrected chi connectivity index (χ2v) is 2.41. The van der Waals surface area contributed by atoms with Crippen molar-refractivity contribution in [3.63, 3.8) is 0 Å². The summed E-state index contributed by atoms with van der Waals surface area (Å²) in [5, 5.41) is 7.13. The van der Waals surface area contributed by atoms with E-state index in [1.54, 1.807) is 13.8 Å². The summed E-state index contributed by atoms with van der Waals surface area (Å²) in [6, 6.07) is 0. The van der Waals surface area contributed by atoms with Crippen LogP contribution in [0.5, 0.6) is 0 Å². The van der Waals surface area contributed by atoms with Crippen LogP contribution in [0, 0.1) is 5.41 Å². The number of hydrogen-bond acceptors (Lipinski definition) is 4. The first-order chi connectivity index (χ1) is 6.11. The zero-order valence-corrected chi connectivity index (χ0v) is 9.23. The molecule has 0 fully saturated rings. The molecule has 0 bridgehead atoms. The number of carbonyl (C=O) groups excluding carboxylic acids is 1. The molecule has 0 aromatic rings. The van der Waals surface area contributed by atoms with E-state index in [1.807, 2.05) is 0 Å². The van der Waals surface area contributed by atoms with Crippen LogP contribution in [0.4, 0.5) is 0 Å². The SMILES string of the molecule is CCOC(=O)CC(OCC)C(=N)N.Cl. The highest BCUT2D eigenvalue weighted by Crippen LogP contribution is 2.00. The van der Waals surface area contributed by atoms with Crippen LogP contribution in [0.2, 0.25) is 0 Å². The molecule has 84 valence electrons. The summed E-state index contributed by atoms with van der Waals surface area (Å²) in [6.07, 6.45) is -0.638. The Morgan fingerprint density at radius 2 is 2.00 bits per heavy atom. The monoisotopic (exact) mass is 224 g/mol. The molecule has 0 radical (unpaired) electrons. The van der Waals surface area contributed by atoms with Crippen LogP contribution in [0.25, 0.3) is 0 Å². The maximum atomic E-state index is 11.0. The Bertz CT molecular complexity index is 187. The minimum Gasteiger partial charge on any atom is -0.466 e. The van der Waals surface area contributed by atoms with E-state index >= 15 is 0 Å². The quantitative estimate of drug-likeness (QED) is 0.395. The topological polar surface area (TPSA) is 85.4 Å². The number of ether oxygens (including phenoxy) is 2. The van der Waals surface area contributed by atoms with Crippen molar-refractivity contribution in [3.05, 3.63) is 0 Å². The molecular formula is C8H17ClN2O3. The van der Waals surface area contributed by atoms with Crippen molar-refractivity contribution < 1.29 is 14.3 Å². The Kier molecular flexibility index (Phi) is 9.81. The minimum absolute atomic E-state index is 0. The molecule has 0 aliphatic rings. The molecule has 0 saturated carbocycles. The average molecular weight is 225 g/mol. The molecule has 14 heavy (non-hydrogen) atoms. The van der Waals surface area contributed by atoms with Crippen LogP contribution in [0.1, 0.15) is 20.3 Å². The highest BCUT2D eigenvalue weighted by Gasteiger charge is 2.17. The standard InChI is InChI=1S/C8H16N2O3.ClH/c1-3-12-6(8(9)10)5-7(11)13-4-2;/h6H,3-5H2,1-2H3,(H3,9,10);1H. The van der Waals surface area contributed by atoms with Crippen LogP contribution in [0.15, 0.2) is 0 Å². The molecule has 6 heteroatoms. The van der Waals surface area contributed by atoms with Crippen LogP contribution < -0.4 is 5.73 Å². The predicted octanol–water partition coefficient (Wildman–Crippen LogP) is 0.702. The normalized spacial score (nSPS) is 11.3. The smallest absolute Gasteiger partial charge is 0.308 e. The largest absolute Gasteiger partial charge is 0.466 e. The maximum Gasteiger partial charge on any atom is 0.308 e. The molecular weight excluding hydrogens is 208 g/mol. The second kappa shape index (κ2) is 8.77. The van der Waals surface area contributed by atoms with E-state index < -0.39 is 12.1 Å². The average Bonchev–Trinajstić information content (AvgIpc) is 2.04. The fraction of sp³-hybridized carbons (Fsp3) is 0.750. The first kappa shape index (κ1) is 15.7. The van der Waals surface area contributed by atoms with Gasteiger partial charge in [0.2, 0.25) is 0 Å². The highest BCUT2D eigenvalue weighted by molar-refractivity contribution is 5.86. The molecule has 0 aliphatic heterocycles. The van der Waals surface area contributed by atoms with Gasteiger partial charge < -0.3 is 15.2 Å². The van der Waals surface area contributed by atoms with E-state index in [4.69, 9.17) is 20.6 Å². The van der Waals surface area contributed by atoms with Gasteiger partial charge >= 0.3 is 5.97 Å². The van der Waals surface area contributed by atoms with E-state index in [2.05, 4.69) is 0 Å². The van der Waals surface area contributed by atoms with Gasteiger partial charge in [0.15, 0.2) is 0 Å². The maximum absolute atomic E-state index is 11.0. The number of rotatable bonds is 6. The summed E-state index contributed by atoms with van der Waals surface area (Å²) >= 11 is 0.